The predicted octanol–water partition coefficient (Wildman–Crippen LogP) is 2.16. The zero-order valence-corrected chi connectivity index (χ0v) is 17.0. The first-order chi connectivity index (χ1) is 13.5. The first-order valence-corrected chi connectivity index (χ1v) is 9.82. The number of hydrogen-bond donors (Lipinski definition) is 2. The minimum Gasteiger partial charge on any atom is -0.479 e. The number of ether oxygens (including phenoxy) is 1. The Morgan fingerprint density at radius 2 is 2.00 bits per heavy atom. The van der Waals surface area contributed by atoms with Gasteiger partial charge in [-0.25, -0.2) is 0 Å². The van der Waals surface area contributed by atoms with E-state index in [0.29, 0.717) is 30.0 Å². The molecule has 2 aliphatic heterocycles. The molecule has 29 heavy (non-hydrogen) atoms. The largest absolute Gasteiger partial charge is 0.479 e. The monoisotopic (exact) mass is 399 g/mol. The standard InChI is InChI=1S/C21H25N3O5/c1-11-17(26)23-14-9-12(5-6-15(14)29-11)22-16(25)10-24-18(27)13-7-8-21(4,19(24)28)20(13,2)3/h5-6,9,11,13H,7-8,10H2,1-4H3,(H,22,25)(H,23,26)/t11-,13-,21+/m1/s1. The molecule has 4 amide bonds. The van der Waals surface area contributed by atoms with Crippen LogP contribution in [-0.2, 0) is 19.2 Å². The quantitative estimate of drug-likeness (QED) is 0.758. The summed E-state index contributed by atoms with van der Waals surface area (Å²) in [5, 5.41) is 5.42. The molecule has 8 heteroatoms. The van der Waals surface area contributed by atoms with E-state index < -0.39 is 22.8 Å². The number of nitrogens with one attached hydrogen (secondary N) is 2. The number of rotatable bonds is 3. The van der Waals surface area contributed by atoms with Crippen LogP contribution in [0.1, 0.15) is 40.5 Å². The first kappa shape index (κ1) is 19.4. The lowest BCUT2D eigenvalue weighted by Gasteiger charge is -2.47. The summed E-state index contributed by atoms with van der Waals surface area (Å²) in [6.45, 7) is 7.14. The van der Waals surface area contributed by atoms with Crippen molar-refractivity contribution in [3.63, 3.8) is 0 Å². The summed E-state index contributed by atoms with van der Waals surface area (Å²) in [6, 6.07) is 4.89. The molecule has 3 aliphatic rings. The van der Waals surface area contributed by atoms with Crippen molar-refractivity contribution in [2.24, 2.45) is 16.7 Å². The summed E-state index contributed by atoms with van der Waals surface area (Å²) in [5.74, 6) is -1.02. The van der Waals surface area contributed by atoms with Crippen LogP contribution >= 0.6 is 0 Å². The number of fused-ring (bicyclic) bond motifs is 3. The maximum absolute atomic E-state index is 13.0. The van der Waals surface area contributed by atoms with Crippen molar-refractivity contribution in [3.8, 4) is 5.75 Å². The van der Waals surface area contributed by atoms with Gasteiger partial charge in [0.1, 0.15) is 12.3 Å². The van der Waals surface area contributed by atoms with Gasteiger partial charge < -0.3 is 15.4 Å². The highest BCUT2D eigenvalue weighted by Crippen LogP contribution is 2.59. The average Bonchev–Trinajstić information content (AvgIpc) is 2.84. The summed E-state index contributed by atoms with van der Waals surface area (Å²) in [6.07, 6.45) is 0.728. The van der Waals surface area contributed by atoms with Gasteiger partial charge in [-0.05, 0) is 43.4 Å². The molecule has 2 bridgehead atoms. The molecule has 2 heterocycles. The molecule has 154 valence electrons. The third kappa shape index (κ3) is 2.81. The van der Waals surface area contributed by atoms with Crippen molar-refractivity contribution >= 4 is 35.0 Å². The van der Waals surface area contributed by atoms with Gasteiger partial charge in [-0.2, -0.15) is 0 Å². The number of anilines is 2. The predicted molar refractivity (Wildman–Crippen MR) is 105 cm³/mol. The summed E-state index contributed by atoms with van der Waals surface area (Å²) < 4.78 is 5.49. The smallest absolute Gasteiger partial charge is 0.265 e. The molecule has 1 saturated carbocycles. The fourth-order valence-electron chi connectivity index (χ4n) is 4.68. The minimum atomic E-state index is -0.643. The van der Waals surface area contributed by atoms with Crippen molar-refractivity contribution < 1.29 is 23.9 Å². The number of carbonyl (C=O) groups is 4. The molecule has 0 spiro atoms. The van der Waals surface area contributed by atoms with E-state index >= 15 is 0 Å². The Labute approximate surface area is 169 Å². The van der Waals surface area contributed by atoms with Gasteiger partial charge in [0, 0.05) is 11.6 Å². The van der Waals surface area contributed by atoms with E-state index in [9.17, 15) is 19.2 Å². The molecule has 8 nitrogen and oxygen atoms in total. The van der Waals surface area contributed by atoms with Gasteiger partial charge in [0.25, 0.3) is 5.91 Å². The Hall–Kier alpha value is -2.90. The number of nitrogens with zero attached hydrogens (tertiary/aromatic N) is 1. The van der Waals surface area contributed by atoms with Crippen molar-refractivity contribution in [2.75, 3.05) is 17.2 Å². The molecule has 0 radical (unpaired) electrons. The molecule has 1 aliphatic carbocycles. The summed E-state index contributed by atoms with van der Waals surface area (Å²) in [5.41, 5.74) is -0.153. The topological polar surface area (TPSA) is 105 Å². The lowest BCUT2D eigenvalue weighted by Crippen LogP contribution is -2.60. The second kappa shape index (κ2) is 6.30. The Balaban J connectivity index is 1.48. The van der Waals surface area contributed by atoms with E-state index in [1.165, 1.54) is 0 Å². The Kier molecular flexibility index (Phi) is 4.22. The van der Waals surface area contributed by atoms with Crippen LogP contribution < -0.4 is 15.4 Å². The van der Waals surface area contributed by atoms with Crippen LogP contribution in [0.4, 0.5) is 11.4 Å². The van der Waals surface area contributed by atoms with Crippen LogP contribution in [0, 0.1) is 16.7 Å². The molecule has 3 atom stereocenters. The molecular formula is C21H25N3O5. The van der Waals surface area contributed by atoms with E-state index in [4.69, 9.17) is 4.74 Å². The SMILES string of the molecule is C[C@H]1Oc2ccc(NC(=O)CN3C(=O)[C@H]4CC[C@@](C)(C3=O)C4(C)C)cc2NC1=O. The van der Waals surface area contributed by atoms with Crippen LogP contribution in [0.2, 0.25) is 0 Å². The number of amides is 4. The Morgan fingerprint density at radius 1 is 1.28 bits per heavy atom. The van der Waals surface area contributed by atoms with Gasteiger partial charge in [-0.1, -0.05) is 20.8 Å². The highest BCUT2D eigenvalue weighted by atomic mass is 16.5. The highest BCUT2D eigenvalue weighted by Gasteiger charge is 2.64. The van der Waals surface area contributed by atoms with Gasteiger partial charge in [0.05, 0.1) is 11.1 Å². The minimum absolute atomic E-state index is 0.254. The number of hydrogen-bond acceptors (Lipinski definition) is 5. The number of piperidine rings is 1. The van der Waals surface area contributed by atoms with E-state index in [-0.39, 0.29) is 30.2 Å². The third-order valence-corrected chi connectivity index (χ3v) is 7.00. The van der Waals surface area contributed by atoms with Crippen LogP contribution in [0.15, 0.2) is 18.2 Å². The number of benzene rings is 1. The van der Waals surface area contributed by atoms with Crippen LogP contribution in [0.5, 0.6) is 5.75 Å². The van der Waals surface area contributed by atoms with Gasteiger partial charge in [-0.3, -0.25) is 24.1 Å². The van der Waals surface area contributed by atoms with Gasteiger partial charge in [0.15, 0.2) is 6.10 Å². The zero-order valence-electron chi connectivity index (χ0n) is 17.0. The summed E-state index contributed by atoms with van der Waals surface area (Å²) in [4.78, 5) is 51.3. The van der Waals surface area contributed by atoms with Crippen molar-refractivity contribution in [1.29, 1.82) is 0 Å². The normalized spacial score (nSPS) is 29.8. The third-order valence-electron chi connectivity index (χ3n) is 7.00. The second-order valence-corrected chi connectivity index (χ2v) is 8.88. The average molecular weight is 399 g/mol. The number of imide groups is 1. The van der Waals surface area contributed by atoms with Gasteiger partial charge >= 0.3 is 0 Å². The lowest BCUT2D eigenvalue weighted by atomic mass is 9.62. The first-order valence-electron chi connectivity index (χ1n) is 9.82. The van der Waals surface area contributed by atoms with Gasteiger partial charge in [0.2, 0.25) is 17.7 Å². The van der Waals surface area contributed by atoms with Crippen LogP contribution in [0.3, 0.4) is 0 Å². The lowest BCUT2D eigenvalue weighted by molar-refractivity contribution is -0.168. The molecule has 1 aromatic carbocycles. The molecule has 0 aromatic heterocycles. The fraction of sp³-hybridized carbons (Fsp3) is 0.524. The molecule has 4 rings (SSSR count). The zero-order chi connectivity index (χ0) is 21.1. The fourth-order valence-corrected chi connectivity index (χ4v) is 4.68. The van der Waals surface area contributed by atoms with E-state index in [1.807, 2.05) is 20.8 Å². The van der Waals surface area contributed by atoms with Crippen molar-refractivity contribution in [2.45, 2.75) is 46.6 Å². The number of carbonyl (C=O) groups excluding carboxylic acids is 4. The molecule has 2 N–H and O–H groups in total. The van der Waals surface area contributed by atoms with Crippen LogP contribution in [-0.4, -0.2) is 41.2 Å². The van der Waals surface area contributed by atoms with Crippen LogP contribution in [0.25, 0.3) is 0 Å². The van der Waals surface area contributed by atoms with Crippen molar-refractivity contribution in [3.05, 3.63) is 18.2 Å². The molecule has 1 saturated heterocycles. The maximum Gasteiger partial charge on any atom is 0.265 e. The molecule has 0 unspecified atom stereocenters. The Morgan fingerprint density at radius 3 is 2.72 bits per heavy atom. The second-order valence-electron chi connectivity index (χ2n) is 8.88. The molecule has 1 aromatic rings. The van der Waals surface area contributed by atoms with Gasteiger partial charge in [-0.15, -0.1) is 0 Å². The van der Waals surface area contributed by atoms with E-state index in [0.717, 1.165) is 4.90 Å². The summed E-state index contributed by atoms with van der Waals surface area (Å²) >= 11 is 0. The van der Waals surface area contributed by atoms with Crippen molar-refractivity contribution in [1.82, 2.24) is 4.90 Å². The van der Waals surface area contributed by atoms with E-state index in [2.05, 4.69) is 10.6 Å². The molecular weight excluding hydrogens is 374 g/mol. The summed E-state index contributed by atoms with van der Waals surface area (Å²) in [7, 11) is 0. The maximum atomic E-state index is 13.0. The highest BCUT2D eigenvalue weighted by molar-refractivity contribution is 6.07. The molecule has 2 fully saturated rings. The Bertz CT molecular complexity index is 940. The number of likely N-dealkylation sites (tertiary alicyclic amines) is 1. The van der Waals surface area contributed by atoms with E-state index in [1.54, 1.807) is 25.1 Å².